The van der Waals surface area contributed by atoms with Gasteiger partial charge in [0, 0.05) is 23.2 Å². The molecule has 0 radical (unpaired) electrons. The van der Waals surface area contributed by atoms with Gasteiger partial charge in [-0.15, -0.1) is 0 Å². The normalized spacial score (nSPS) is 15.6. The highest BCUT2D eigenvalue weighted by Crippen LogP contribution is 2.42. The Bertz CT molecular complexity index is 1070. The van der Waals surface area contributed by atoms with Crippen LogP contribution in [0.4, 0.5) is 13.2 Å². The first kappa shape index (κ1) is 18.8. The molecule has 1 fully saturated rings. The van der Waals surface area contributed by atoms with Crippen LogP contribution in [-0.2, 0) is 12.6 Å². The van der Waals surface area contributed by atoms with Crippen LogP contribution in [0.15, 0.2) is 29.1 Å². The van der Waals surface area contributed by atoms with Gasteiger partial charge in [0.2, 0.25) is 0 Å². The van der Waals surface area contributed by atoms with Crippen molar-refractivity contribution in [1.29, 1.82) is 0 Å². The lowest BCUT2D eigenvalue weighted by molar-refractivity contribution is -0.142. The Morgan fingerprint density at radius 3 is 2.39 bits per heavy atom. The molecule has 3 aromatic rings. The molecule has 1 aliphatic carbocycles. The number of halogens is 3. The molecule has 0 unspecified atom stereocenters. The quantitative estimate of drug-likeness (QED) is 0.692. The van der Waals surface area contributed by atoms with Crippen LogP contribution in [0.1, 0.15) is 65.2 Å². The summed E-state index contributed by atoms with van der Waals surface area (Å²) in [5.74, 6) is -0.216. The Labute approximate surface area is 160 Å². The van der Waals surface area contributed by atoms with Crippen LogP contribution in [0.25, 0.3) is 5.65 Å². The fraction of sp³-hybridized carbons (Fsp3) is 0.429. The van der Waals surface area contributed by atoms with Crippen molar-refractivity contribution in [3.63, 3.8) is 0 Å². The molecule has 1 saturated carbocycles. The highest BCUT2D eigenvalue weighted by Gasteiger charge is 2.41. The molecule has 28 heavy (non-hydrogen) atoms. The minimum absolute atomic E-state index is 0.145. The number of rotatable bonds is 3. The maximum Gasteiger partial charge on any atom is 0.435 e. The molecule has 2 heterocycles. The van der Waals surface area contributed by atoms with E-state index in [1.165, 1.54) is 0 Å². The first-order valence-electron chi connectivity index (χ1n) is 9.53. The number of alkyl halides is 3. The molecule has 4 rings (SSSR count). The van der Waals surface area contributed by atoms with Crippen LogP contribution in [0, 0.1) is 13.8 Å². The molecule has 1 N–H and O–H groups in total. The Hall–Kier alpha value is -2.57. The van der Waals surface area contributed by atoms with Crippen molar-refractivity contribution in [1.82, 2.24) is 14.6 Å². The zero-order valence-electron chi connectivity index (χ0n) is 15.9. The van der Waals surface area contributed by atoms with Gasteiger partial charge in [-0.25, -0.2) is 0 Å². The Morgan fingerprint density at radius 1 is 1.14 bits per heavy atom. The molecule has 0 amide bonds. The molecule has 0 bridgehead atoms. The van der Waals surface area contributed by atoms with Gasteiger partial charge >= 0.3 is 6.18 Å². The van der Waals surface area contributed by atoms with Crippen LogP contribution < -0.4 is 5.56 Å². The predicted molar refractivity (Wildman–Crippen MR) is 101 cm³/mol. The van der Waals surface area contributed by atoms with Gasteiger partial charge in [0.25, 0.3) is 5.56 Å². The standard InChI is InChI=1S/C21H22F3N3O/c1-12-7-9-14(10-8-12)11-16-13(2)25-19-17(15-5-3-4-6-15)18(21(22,23)24)26-27(19)20(16)28/h7-10,15,25H,3-6,11H2,1-2H3. The van der Waals surface area contributed by atoms with Gasteiger partial charge in [-0.2, -0.15) is 22.8 Å². The zero-order chi connectivity index (χ0) is 20.1. The maximum atomic E-state index is 13.7. The second-order valence-corrected chi connectivity index (χ2v) is 7.70. The molecule has 0 saturated heterocycles. The highest BCUT2D eigenvalue weighted by molar-refractivity contribution is 5.54. The van der Waals surface area contributed by atoms with E-state index in [2.05, 4.69) is 10.1 Å². The smallest absolute Gasteiger partial charge is 0.343 e. The summed E-state index contributed by atoms with van der Waals surface area (Å²) in [7, 11) is 0. The summed E-state index contributed by atoms with van der Waals surface area (Å²) in [4.78, 5) is 16.1. The fourth-order valence-corrected chi connectivity index (χ4v) is 4.17. The second-order valence-electron chi connectivity index (χ2n) is 7.70. The van der Waals surface area contributed by atoms with Gasteiger partial charge in [0.05, 0.1) is 0 Å². The number of nitrogens with zero attached hydrogens (tertiary/aromatic N) is 2. The monoisotopic (exact) mass is 389 g/mol. The van der Waals surface area contributed by atoms with Crippen molar-refractivity contribution >= 4 is 5.65 Å². The highest BCUT2D eigenvalue weighted by atomic mass is 19.4. The van der Waals surface area contributed by atoms with E-state index in [4.69, 9.17) is 0 Å². The van der Waals surface area contributed by atoms with E-state index in [0.717, 1.165) is 28.5 Å². The molecular weight excluding hydrogens is 367 g/mol. The molecule has 0 spiro atoms. The van der Waals surface area contributed by atoms with E-state index >= 15 is 0 Å². The topological polar surface area (TPSA) is 50.2 Å². The third-order valence-electron chi connectivity index (χ3n) is 5.66. The Morgan fingerprint density at radius 2 is 1.79 bits per heavy atom. The molecule has 0 atom stereocenters. The number of fused-ring (bicyclic) bond motifs is 1. The van der Waals surface area contributed by atoms with Gasteiger partial charge in [-0.1, -0.05) is 42.7 Å². The lowest BCUT2D eigenvalue weighted by Crippen LogP contribution is -2.22. The summed E-state index contributed by atoms with van der Waals surface area (Å²) in [6.07, 6.45) is -1.07. The molecule has 1 aliphatic rings. The van der Waals surface area contributed by atoms with Crippen LogP contribution >= 0.6 is 0 Å². The van der Waals surface area contributed by atoms with Gasteiger partial charge in [0.1, 0.15) is 5.65 Å². The van der Waals surface area contributed by atoms with E-state index in [1.807, 2.05) is 31.2 Å². The molecule has 0 aliphatic heterocycles. The Kier molecular flexibility index (Phi) is 4.56. The van der Waals surface area contributed by atoms with Crippen molar-refractivity contribution in [2.24, 2.45) is 0 Å². The average Bonchev–Trinajstić information content (AvgIpc) is 3.27. The summed E-state index contributed by atoms with van der Waals surface area (Å²) in [6, 6.07) is 7.75. The van der Waals surface area contributed by atoms with Crippen LogP contribution in [-0.4, -0.2) is 14.6 Å². The van der Waals surface area contributed by atoms with Crippen LogP contribution in [0.3, 0.4) is 0 Å². The number of aryl methyl sites for hydroxylation is 2. The summed E-state index contributed by atoms with van der Waals surface area (Å²) in [5, 5.41) is 3.73. The second kappa shape index (κ2) is 6.79. The molecule has 4 nitrogen and oxygen atoms in total. The van der Waals surface area contributed by atoms with Crippen molar-refractivity contribution < 1.29 is 13.2 Å². The number of benzene rings is 1. The SMILES string of the molecule is Cc1ccc(Cc2c(C)[nH]c3c(C4CCCC4)c(C(F)(F)F)nn3c2=O)cc1. The first-order chi connectivity index (χ1) is 13.3. The fourth-order valence-electron chi connectivity index (χ4n) is 4.17. The van der Waals surface area contributed by atoms with E-state index in [-0.39, 0.29) is 17.1 Å². The predicted octanol–water partition coefficient (Wildman–Crippen LogP) is 4.91. The zero-order valence-corrected chi connectivity index (χ0v) is 15.9. The number of H-pyrrole nitrogens is 1. The molecule has 7 heteroatoms. The average molecular weight is 389 g/mol. The third-order valence-corrected chi connectivity index (χ3v) is 5.66. The van der Waals surface area contributed by atoms with E-state index in [9.17, 15) is 18.0 Å². The van der Waals surface area contributed by atoms with E-state index in [0.29, 0.717) is 30.5 Å². The van der Waals surface area contributed by atoms with Crippen molar-refractivity contribution in [3.8, 4) is 0 Å². The third kappa shape index (κ3) is 3.23. The minimum atomic E-state index is -4.59. The largest absolute Gasteiger partial charge is 0.435 e. The van der Waals surface area contributed by atoms with Crippen LogP contribution in [0.5, 0.6) is 0 Å². The minimum Gasteiger partial charge on any atom is -0.343 e. The summed E-state index contributed by atoms with van der Waals surface area (Å²) < 4.78 is 41.9. The maximum absolute atomic E-state index is 13.7. The number of hydrogen-bond acceptors (Lipinski definition) is 2. The number of aromatic nitrogens is 3. The van der Waals surface area contributed by atoms with E-state index < -0.39 is 17.4 Å². The van der Waals surface area contributed by atoms with Crippen molar-refractivity contribution in [2.45, 2.75) is 58.0 Å². The Balaban J connectivity index is 1.89. The first-order valence-corrected chi connectivity index (χ1v) is 9.53. The van der Waals surface area contributed by atoms with Gasteiger partial charge in [-0.05, 0) is 38.2 Å². The van der Waals surface area contributed by atoms with Gasteiger partial charge in [0.15, 0.2) is 5.69 Å². The lowest BCUT2D eigenvalue weighted by atomic mass is 9.97. The van der Waals surface area contributed by atoms with Crippen molar-refractivity contribution in [3.05, 3.63) is 68.3 Å². The van der Waals surface area contributed by atoms with Gasteiger partial charge < -0.3 is 4.98 Å². The molecule has 1 aromatic carbocycles. The molecule has 2 aromatic heterocycles. The number of hydrogen-bond donors (Lipinski definition) is 1. The van der Waals surface area contributed by atoms with Gasteiger partial charge in [-0.3, -0.25) is 4.79 Å². The van der Waals surface area contributed by atoms with E-state index in [1.54, 1.807) is 6.92 Å². The lowest BCUT2D eigenvalue weighted by Gasteiger charge is -2.12. The summed E-state index contributed by atoms with van der Waals surface area (Å²) in [5.41, 5.74) is 1.98. The van der Waals surface area contributed by atoms with Crippen molar-refractivity contribution in [2.75, 3.05) is 0 Å². The molecular formula is C21H22F3N3O. The molecule has 148 valence electrons. The summed E-state index contributed by atoms with van der Waals surface area (Å²) in [6.45, 7) is 3.71. The van der Waals surface area contributed by atoms with Crippen LogP contribution in [0.2, 0.25) is 0 Å². The number of aromatic amines is 1. The number of nitrogens with one attached hydrogen (secondary N) is 1. The summed E-state index contributed by atoms with van der Waals surface area (Å²) >= 11 is 0.